The number of aryl methyl sites for hydroxylation is 1. The number of hydrogen-bond acceptors (Lipinski definition) is 4. The maximum absolute atomic E-state index is 13.3. The number of fused-ring (bicyclic) bond motifs is 1. The second-order valence-corrected chi connectivity index (χ2v) is 9.77. The molecule has 2 aromatic rings. The first kappa shape index (κ1) is 23.6. The average Bonchev–Trinajstić information content (AvgIpc) is 3.30. The summed E-state index contributed by atoms with van der Waals surface area (Å²) >= 11 is 3.46. The molecule has 0 saturated heterocycles. The minimum Gasteiger partial charge on any atom is -0.454 e. The molecule has 176 valence electrons. The number of rotatable bonds is 8. The van der Waals surface area contributed by atoms with E-state index in [-0.39, 0.29) is 24.6 Å². The molecule has 1 N–H and O–H groups in total. The largest absolute Gasteiger partial charge is 0.454 e. The van der Waals surface area contributed by atoms with Crippen molar-refractivity contribution in [3.8, 4) is 11.5 Å². The summed E-state index contributed by atoms with van der Waals surface area (Å²) in [5.41, 5.74) is 2.00. The van der Waals surface area contributed by atoms with E-state index in [2.05, 4.69) is 21.2 Å². The molecule has 1 saturated carbocycles. The van der Waals surface area contributed by atoms with Crippen LogP contribution in [0.15, 0.2) is 46.9 Å². The summed E-state index contributed by atoms with van der Waals surface area (Å²) in [7, 11) is 0. The summed E-state index contributed by atoms with van der Waals surface area (Å²) in [6, 6.07) is 13.3. The van der Waals surface area contributed by atoms with Crippen LogP contribution >= 0.6 is 15.9 Å². The molecule has 7 heteroatoms. The number of carbonyl (C=O) groups is 2. The molecule has 1 heterocycles. The Morgan fingerprint density at radius 3 is 2.48 bits per heavy atom. The Labute approximate surface area is 203 Å². The Morgan fingerprint density at radius 2 is 1.73 bits per heavy atom. The molecule has 0 unspecified atom stereocenters. The molecule has 1 atom stereocenters. The van der Waals surface area contributed by atoms with Crippen LogP contribution in [-0.2, 0) is 22.6 Å². The summed E-state index contributed by atoms with van der Waals surface area (Å²) in [6.45, 7) is 2.45. The van der Waals surface area contributed by atoms with Crippen LogP contribution in [0.1, 0.15) is 56.6 Å². The van der Waals surface area contributed by atoms with E-state index in [0.717, 1.165) is 47.0 Å². The minimum absolute atomic E-state index is 0.0399. The van der Waals surface area contributed by atoms with Gasteiger partial charge in [-0.05, 0) is 61.6 Å². The minimum atomic E-state index is -0.542. The summed E-state index contributed by atoms with van der Waals surface area (Å²) < 4.78 is 11.8. The van der Waals surface area contributed by atoms with Gasteiger partial charge in [0.1, 0.15) is 6.04 Å². The fraction of sp³-hybridized carbons (Fsp3) is 0.462. The Hall–Kier alpha value is -2.54. The third kappa shape index (κ3) is 6.28. The van der Waals surface area contributed by atoms with Crippen molar-refractivity contribution in [1.82, 2.24) is 10.2 Å². The van der Waals surface area contributed by atoms with E-state index >= 15 is 0 Å². The third-order valence-corrected chi connectivity index (χ3v) is 6.98. The van der Waals surface area contributed by atoms with E-state index in [1.54, 1.807) is 4.90 Å². The second kappa shape index (κ2) is 11.1. The first-order chi connectivity index (χ1) is 16.0. The smallest absolute Gasteiger partial charge is 0.242 e. The number of nitrogens with one attached hydrogen (secondary N) is 1. The molecule has 0 radical (unpaired) electrons. The lowest BCUT2D eigenvalue weighted by Crippen LogP contribution is -2.50. The molecule has 6 nitrogen and oxygen atoms in total. The van der Waals surface area contributed by atoms with E-state index < -0.39 is 6.04 Å². The van der Waals surface area contributed by atoms with Crippen LogP contribution in [0, 0.1) is 0 Å². The van der Waals surface area contributed by atoms with Gasteiger partial charge in [0.25, 0.3) is 0 Å². The van der Waals surface area contributed by atoms with Crippen LogP contribution in [-0.4, -0.2) is 35.6 Å². The number of amides is 2. The molecule has 2 aromatic carbocycles. The molecule has 2 amide bonds. The van der Waals surface area contributed by atoms with E-state index in [1.807, 2.05) is 49.4 Å². The van der Waals surface area contributed by atoms with Gasteiger partial charge in [0.15, 0.2) is 11.5 Å². The SMILES string of the molecule is C[C@H](C(=O)NC1CCCCC1)N(Cc1ccc(Br)cc1)C(=O)CCc1ccc2c(c1)OCO2. The van der Waals surface area contributed by atoms with E-state index in [4.69, 9.17) is 9.47 Å². The van der Waals surface area contributed by atoms with Gasteiger partial charge in [0.2, 0.25) is 18.6 Å². The Morgan fingerprint density at radius 1 is 1.03 bits per heavy atom. The van der Waals surface area contributed by atoms with Crippen molar-refractivity contribution in [3.05, 3.63) is 58.1 Å². The first-order valence-corrected chi connectivity index (χ1v) is 12.5. The highest BCUT2D eigenvalue weighted by Crippen LogP contribution is 2.33. The molecule has 0 bridgehead atoms. The van der Waals surface area contributed by atoms with Gasteiger partial charge in [-0.1, -0.05) is 53.4 Å². The van der Waals surface area contributed by atoms with Gasteiger partial charge in [0, 0.05) is 23.5 Å². The molecule has 2 aliphatic rings. The molecule has 4 rings (SSSR count). The van der Waals surface area contributed by atoms with Crippen molar-refractivity contribution >= 4 is 27.7 Å². The normalized spacial score (nSPS) is 16.3. The number of nitrogens with zero attached hydrogens (tertiary/aromatic N) is 1. The second-order valence-electron chi connectivity index (χ2n) is 8.86. The number of ether oxygens (including phenoxy) is 2. The van der Waals surface area contributed by atoms with Crippen molar-refractivity contribution in [2.45, 2.75) is 70.5 Å². The molecular weight excluding hydrogens is 484 g/mol. The van der Waals surface area contributed by atoms with E-state index in [9.17, 15) is 9.59 Å². The van der Waals surface area contributed by atoms with Crippen molar-refractivity contribution in [3.63, 3.8) is 0 Å². The van der Waals surface area contributed by atoms with Gasteiger partial charge in [0.05, 0.1) is 0 Å². The quantitative estimate of drug-likeness (QED) is 0.539. The molecule has 0 spiro atoms. The van der Waals surface area contributed by atoms with Crippen LogP contribution in [0.2, 0.25) is 0 Å². The number of hydrogen-bond donors (Lipinski definition) is 1. The van der Waals surface area contributed by atoms with Gasteiger partial charge >= 0.3 is 0 Å². The maximum atomic E-state index is 13.3. The molecular formula is C26H31BrN2O4. The highest BCUT2D eigenvalue weighted by molar-refractivity contribution is 9.10. The molecule has 33 heavy (non-hydrogen) atoms. The van der Waals surface area contributed by atoms with Gasteiger partial charge in [-0.25, -0.2) is 0 Å². The monoisotopic (exact) mass is 514 g/mol. The standard InChI is InChI=1S/C26H31BrN2O4/c1-18(26(31)28-22-5-3-2-4-6-22)29(16-20-7-11-21(27)12-8-20)25(30)14-10-19-9-13-23-24(15-19)33-17-32-23/h7-9,11-13,15,18,22H,2-6,10,14,16-17H2,1H3,(H,28,31)/t18-/m1/s1. The van der Waals surface area contributed by atoms with Crippen molar-refractivity contribution in [2.75, 3.05) is 6.79 Å². The topological polar surface area (TPSA) is 67.9 Å². The first-order valence-electron chi connectivity index (χ1n) is 11.7. The van der Waals surface area contributed by atoms with E-state index in [0.29, 0.717) is 25.1 Å². The zero-order valence-electron chi connectivity index (χ0n) is 19.0. The zero-order chi connectivity index (χ0) is 23.2. The Balaban J connectivity index is 1.44. The molecule has 1 fully saturated rings. The third-order valence-electron chi connectivity index (χ3n) is 6.45. The summed E-state index contributed by atoms with van der Waals surface area (Å²) in [6.07, 6.45) is 6.45. The van der Waals surface area contributed by atoms with Crippen molar-refractivity contribution in [1.29, 1.82) is 0 Å². The molecule has 1 aliphatic carbocycles. The van der Waals surface area contributed by atoms with Crippen LogP contribution in [0.5, 0.6) is 11.5 Å². The zero-order valence-corrected chi connectivity index (χ0v) is 20.6. The Kier molecular flexibility index (Phi) is 7.91. The van der Waals surface area contributed by atoms with Crippen molar-refractivity contribution < 1.29 is 19.1 Å². The summed E-state index contributed by atoms with van der Waals surface area (Å²) in [5, 5.41) is 3.18. The lowest BCUT2D eigenvalue weighted by Gasteiger charge is -2.31. The fourth-order valence-corrected chi connectivity index (χ4v) is 4.69. The highest BCUT2D eigenvalue weighted by atomic mass is 79.9. The lowest BCUT2D eigenvalue weighted by molar-refractivity contribution is -0.141. The Bertz CT molecular complexity index is 973. The predicted octanol–water partition coefficient (Wildman–Crippen LogP) is 4.98. The van der Waals surface area contributed by atoms with Gasteiger partial charge < -0.3 is 19.7 Å². The maximum Gasteiger partial charge on any atom is 0.242 e. The predicted molar refractivity (Wildman–Crippen MR) is 130 cm³/mol. The lowest BCUT2D eigenvalue weighted by atomic mass is 9.95. The number of benzene rings is 2. The van der Waals surface area contributed by atoms with Crippen LogP contribution in [0.3, 0.4) is 0 Å². The fourth-order valence-electron chi connectivity index (χ4n) is 4.43. The average molecular weight is 515 g/mol. The summed E-state index contributed by atoms with van der Waals surface area (Å²) in [5.74, 6) is 1.33. The van der Waals surface area contributed by atoms with Gasteiger partial charge in [-0.3, -0.25) is 9.59 Å². The highest BCUT2D eigenvalue weighted by Gasteiger charge is 2.28. The van der Waals surface area contributed by atoms with Crippen LogP contribution in [0.4, 0.5) is 0 Å². The van der Waals surface area contributed by atoms with Gasteiger partial charge in [-0.2, -0.15) is 0 Å². The van der Waals surface area contributed by atoms with E-state index in [1.165, 1.54) is 6.42 Å². The van der Waals surface area contributed by atoms with Crippen molar-refractivity contribution in [2.24, 2.45) is 0 Å². The summed E-state index contributed by atoms with van der Waals surface area (Å²) in [4.78, 5) is 28.1. The number of carbonyl (C=O) groups excluding carboxylic acids is 2. The molecule has 1 aliphatic heterocycles. The van der Waals surface area contributed by atoms with Crippen LogP contribution < -0.4 is 14.8 Å². The molecule has 0 aromatic heterocycles. The number of halogens is 1. The van der Waals surface area contributed by atoms with Gasteiger partial charge in [-0.15, -0.1) is 0 Å². The van der Waals surface area contributed by atoms with Crippen LogP contribution in [0.25, 0.3) is 0 Å².